The zero-order chi connectivity index (χ0) is 13.1. The Bertz CT molecular complexity index is 422. The number of hydrogen-bond acceptors (Lipinski definition) is 6. The third-order valence-electron chi connectivity index (χ3n) is 2.24. The molecule has 1 rings (SSSR count). The third kappa shape index (κ3) is 3.53. The maximum absolute atomic E-state index is 11.2. The Labute approximate surface area is 107 Å². The first-order valence-electron chi connectivity index (χ1n) is 4.90. The molecule has 0 bridgehead atoms. The summed E-state index contributed by atoms with van der Waals surface area (Å²) in [5, 5.41) is 3.01. The number of amides is 1. The Morgan fingerprint density at radius 3 is 2.76 bits per heavy atom. The molecule has 0 spiro atoms. The van der Waals surface area contributed by atoms with Gasteiger partial charge in [-0.1, -0.05) is 0 Å². The summed E-state index contributed by atoms with van der Waals surface area (Å²) in [6.45, 7) is 3.86. The maximum Gasteiger partial charge on any atom is 0.239 e. The lowest BCUT2D eigenvalue weighted by Gasteiger charge is -2.21. The number of primary amides is 1. The fraction of sp³-hybridized carbons (Fsp3) is 0.444. The van der Waals surface area contributed by atoms with E-state index in [0.717, 1.165) is 0 Å². The summed E-state index contributed by atoms with van der Waals surface area (Å²) in [4.78, 5) is 19.2. The first kappa shape index (κ1) is 13.7. The average molecular weight is 303 g/mol. The van der Waals surface area contributed by atoms with Crippen LogP contribution in [0.1, 0.15) is 13.8 Å². The molecule has 0 fully saturated rings. The smallest absolute Gasteiger partial charge is 0.239 e. The standard InChI is InChI=1S/C9H15BrN6O/c1-9(2,7(11)17)4-14-6-5(10)3-13-8(15-6)16-12/h3H,4,12H2,1-2H3,(H2,11,17)(H2,13,14,15,16). The van der Waals surface area contributed by atoms with Crippen molar-refractivity contribution in [3.63, 3.8) is 0 Å². The van der Waals surface area contributed by atoms with Gasteiger partial charge < -0.3 is 11.1 Å². The summed E-state index contributed by atoms with van der Waals surface area (Å²) in [5.74, 6) is 5.65. The van der Waals surface area contributed by atoms with Crippen molar-refractivity contribution in [1.29, 1.82) is 0 Å². The highest BCUT2D eigenvalue weighted by Gasteiger charge is 2.25. The van der Waals surface area contributed by atoms with Crippen LogP contribution in [-0.4, -0.2) is 22.4 Å². The number of nitrogens with two attached hydrogens (primary N) is 2. The molecule has 8 heteroatoms. The molecular formula is C9H15BrN6O. The first-order chi connectivity index (χ1) is 7.86. The molecule has 94 valence electrons. The molecule has 0 radical (unpaired) electrons. The fourth-order valence-corrected chi connectivity index (χ4v) is 1.28. The number of nitrogens with one attached hydrogen (secondary N) is 2. The number of carbonyl (C=O) groups is 1. The monoisotopic (exact) mass is 302 g/mol. The van der Waals surface area contributed by atoms with Gasteiger partial charge in [0.2, 0.25) is 11.9 Å². The second-order valence-corrected chi connectivity index (χ2v) is 4.99. The molecule has 0 aliphatic rings. The molecule has 0 aromatic carbocycles. The van der Waals surface area contributed by atoms with Crippen LogP contribution >= 0.6 is 15.9 Å². The molecule has 0 saturated carbocycles. The fourth-order valence-electron chi connectivity index (χ4n) is 0.952. The predicted molar refractivity (Wildman–Crippen MR) is 69.0 cm³/mol. The van der Waals surface area contributed by atoms with Crippen molar-refractivity contribution in [2.45, 2.75) is 13.8 Å². The van der Waals surface area contributed by atoms with Crippen LogP contribution in [0.3, 0.4) is 0 Å². The van der Waals surface area contributed by atoms with Gasteiger partial charge in [-0.05, 0) is 29.8 Å². The molecule has 7 nitrogen and oxygen atoms in total. The summed E-state index contributed by atoms with van der Waals surface area (Å²) >= 11 is 3.29. The van der Waals surface area contributed by atoms with Crippen LogP contribution in [-0.2, 0) is 4.79 Å². The molecule has 17 heavy (non-hydrogen) atoms. The van der Waals surface area contributed by atoms with Gasteiger partial charge in [-0.25, -0.2) is 10.8 Å². The second-order valence-electron chi connectivity index (χ2n) is 4.14. The predicted octanol–water partition coefficient (Wildman–Crippen LogP) is 0.448. The largest absolute Gasteiger partial charge is 0.369 e. The van der Waals surface area contributed by atoms with Crippen molar-refractivity contribution >= 4 is 33.6 Å². The van der Waals surface area contributed by atoms with Gasteiger partial charge in [-0.15, -0.1) is 0 Å². The SMILES string of the molecule is CC(C)(CNc1nc(NN)ncc1Br)C(N)=O. The summed E-state index contributed by atoms with van der Waals surface area (Å²) in [7, 11) is 0. The van der Waals surface area contributed by atoms with Gasteiger partial charge in [0, 0.05) is 12.7 Å². The summed E-state index contributed by atoms with van der Waals surface area (Å²) < 4.78 is 0.678. The van der Waals surface area contributed by atoms with Gasteiger partial charge in [0.15, 0.2) is 0 Å². The zero-order valence-electron chi connectivity index (χ0n) is 9.62. The van der Waals surface area contributed by atoms with Crippen LogP contribution in [0.15, 0.2) is 10.7 Å². The average Bonchev–Trinajstić information content (AvgIpc) is 2.28. The number of halogens is 1. The van der Waals surface area contributed by atoms with Crippen molar-refractivity contribution in [2.24, 2.45) is 17.0 Å². The number of nitrogens with zero attached hydrogens (tertiary/aromatic N) is 2. The van der Waals surface area contributed by atoms with E-state index in [1.165, 1.54) is 0 Å². The van der Waals surface area contributed by atoms with E-state index in [-0.39, 0.29) is 11.9 Å². The van der Waals surface area contributed by atoms with Crippen molar-refractivity contribution in [1.82, 2.24) is 9.97 Å². The zero-order valence-corrected chi connectivity index (χ0v) is 11.2. The number of nitrogen functional groups attached to an aromatic ring is 1. The Morgan fingerprint density at radius 1 is 1.59 bits per heavy atom. The van der Waals surface area contributed by atoms with E-state index in [0.29, 0.717) is 16.8 Å². The van der Waals surface area contributed by atoms with Gasteiger partial charge >= 0.3 is 0 Å². The highest BCUT2D eigenvalue weighted by Crippen LogP contribution is 2.22. The number of carbonyl (C=O) groups excluding carboxylic acids is 1. The molecule has 1 amide bonds. The quantitative estimate of drug-likeness (QED) is 0.463. The molecule has 1 heterocycles. The normalized spacial score (nSPS) is 11.1. The second kappa shape index (κ2) is 5.28. The van der Waals surface area contributed by atoms with Crippen LogP contribution in [0.5, 0.6) is 0 Å². The van der Waals surface area contributed by atoms with Crippen LogP contribution in [0.4, 0.5) is 11.8 Å². The Hall–Kier alpha value is -1.41. The minimum atomic E-state index is -0.666. The van der Waals surface area contributed by atoms with E-state index < -0.39 is 5.41 Å². The van der Waals surface area contributed by atoms with Crippen LogP contribution < -0.4 is 22.3 Å². The van der Waals surface area contributed by atoms with Gasteiger partial charge in [-0.3, -0.25) is 10.2 Å². The topological polar surface area (TPSA) is 119 Å². The Balaban J connectivity index is 2.78. The lowest BCUT2D eigenvalue weighted by atomic mass is 9.93. The van der Waals surface area contributed by atoms with Crippen LogP contribution in [0.25, 0.3) is 0 Å². The summed E-state index contributed by atoms with van der Waals surface area (Å²) in [6, 6.07) is 0. The number of hydrazine groups is 1. The minimum Gasteiger partial charge on any atom is -0.369 e. The molecule has 0 aliphatic heterocycles. The highest BCUT2D eigenvalue weighted by atomic mass is 79.9. The lowest BCUT2D eigenvalue weighted by Crippen LogP contribution is -2.37. The number of aromatic nitrogens is 2. The highest BCUT2D eigenvalue weighted by molar-refractivity contribution is 9.10. The maximum atomic E-state index is 11.2. The van der Waals surface area contributed by atoms with Gasteiger partial charge in [0.05, 0.1) is 9.89 Å². The molecule has 0 unspecified atom stereocenters. The van der Waals surface area contributed by atoms with Crippen molar-refractivity contribution < 1.29 is 4.79 Å². The van der Waals surface area contributed by atoms with Crippen LogP contribution in [0.2, 0.25) is 0 Å². The van der Waals surface area contributed by atoms with E-state index in [2.05, 4.69) is 36.6 Å². The van der Waals surface area contributed by atoms with Crippen molar-refractivity contribution in [2.75, 3.05) is 17.3 Å². The van der Waals surface area contributed by atoms with Gasteiger partial charge in [-0.2, -0.15) is 4.98 Å². The van der Waals surface area contributed by atoms with Gasteiger partial charge in [0.1, 0.15) is 5.82 Å². The molecule has 6 N–H and O–H groups in total. The molecule has 1 aromatic rings. The Kier molecular flexibility index (Phi) is 4.24. The molecule has 0 aliphatic carbocycles. The third-order valence-corrected chi connectivity index (χ3v) is 2.82. The number of anilines is 2. The Morgan fingerprint density at radius 2 is 2.24 bits per heavy atom. The van der Waals surface area contributed by atoms with E-state index >= 15 is 0 Å². The van der Waals surface area contributed by atoms with E-state index in [4.69, 9.17) is 11.6 Å². The van der Waals surface area contributed by atoms with Crippen molar-refractivity contribution in [3.05, 3.63) is 10.7 Å². The summed E-state index contributed by atoms with van der Waals surface area (Å²) in [6.07, 6.45) is 1.56. The first-order valence-corrected chi connectivity index (χ1v) is 5.69. The van der Waals surface area contributed by atoms with Gasteiger partial charge in [0.25, 0.3) is 0 Å². The van der Waals surface area contributed by atoms with E-state index in [1.54, 1.807) is 20.0 Å². The minimum absolute atomic E-state index is 0.285. The van der Waals surface area contributed by atoms with E-state index in [1.807, 2.05) is 0 Å². The molecular weight excluding hydrogens is 288 g/mol. The lowest BCUT2D eigenvalue weighted by molar-refractivity contribution is -0.125. The number of hydrogen-bond donors (Lipinski definition) is 4. The van der Waals surface area contributed by atoms with E-state index in [9.17, 15) is 4.79 Å². The van der Waals surface area contributed by atoms with Crippen molar-refractivity contribution in [3.8, 4) is 0 Å². The molecule has 0 atom stereocenters. The molecule has 0 saturated heterocycles. The summed E-state index contributed by atoms with van der Waals surface area (Å²) in [5.41, 5.74) is 6.95. The van der Waals surface area contributed by atoms with Crippen LogP contribution in [0, 0.1) is 5.41 Å². The number of rotatable bonds is 5. The molecule has 1 aromatic heterocycles.